The summed E-state index contributed by atoms with van der Waals surface area (Å²) in [5.74, 6) is -1.60. The highest BCUT2D eigenvalue weighted by Gasteiger charge is 2.34. The molecule has 0 atom stereocenters. The number of aromatic hydroxyl groups is 1. The van der Waals surface area contributed by atoms with Crippen LogP contribution >= 0.6 is 0 Å². The van der Waals surface area contributed by atoms with Gasteiger partial charge in [-0.05, 0) is 30.3 Å². The second kappa shape index (κ2) is 6.67. The molecule has 0 aliphatic carbocycles. The fourth-order valence-electron chi connectivity index (χ4n) is 3.18. The number of rotatable bonds is 4. The maximum atomic E-state index is 12.8. The lowest BCUT2D eigenvalue weighted by Crippen LogP contribution is -2.13. The van der Waals surface area contributed by atoms with E-state index in [0.29, 0.717) is 12.1 Å². The van der Waals surface area contributed by atoms with Crippen molar-refractivity contribution >= 4 is 58.4 Å². The molecule has 3 aromatic rings. The van der Waals surface area contributed by atoms with Gasteiger partial charge in [-0.1, -0.05) is 0 Å². The Balaban J connectivity index is 1.93. The molecule has 0 saturated heterocycles. The Hall–Kier alpha value is -3.15. The number of fused-ring (bicyclic) bond motifs is 2. The Labute approximate surface area is 179 Å². The van der Waals surface area contributed by atoms with Crippen LogP contribution in [0.1, 0.15) is 16.1 Å². The van der Waals surface area contributed by atoms with E-state index in [1.54, 1.807) is 0 Å². The summed E-state index contributed by atoms with van der Waals surface area (Å²) in [6, 6.07) is 4.24. The standard InChI is InChI=1S/C16H10N2O11S3/c19-15-7-3-6(30(21,22)23)1-2-9(7)17-13(15)14-16(20)8-4-11(31(24,25)26)12(32(27,28)29)5-10(8)18-14/h1-5,17,19H,(H,21,22,23)(H,24,25,26)(H,27,28,29). The van der Waals surface area contributed by atoms with E-state index in [1.165, 1.54) is 6.07 Å². The maximum Gasteiger partial charge on any atom is 0.295 e. The molecule has 4 rings (SSSR count). The molecule has 0 radical (unpaired) electrons. The van der Waals surface area contributed by atoms with Crippen LogP contribution < -0.4 is 0 Å². The number of hydrogen-bond acceptors (Lipinski definition) is 9. The van der Waals surface area contributed by atoms with Gasteiger partial charge in [0.1, 0.15) is 21.2 Å². The number of nitrogens with zero attached hydrogens (tertiary/aromatic N) is 1. The molecule has 0 spiro atoms. The smallest absolute Gasteiger partial charge is 0.295 e. The second-order valence-electron chi connectivity index (χ2n) is 6.59. The predicted octanol–water partition coefficient (Wildman–Crippen LogP) is 0.931. The molecule has 0 saturated carbocycles. The van der Waals surface area contributed by atoms with Crippen molar-refractivity contribution in [3.63, 3.8) is 0 Å². The first-order valence-corrected chi connectivity index (χ1v) is 12.5. The van der Waals surface area contributed by atoms with E-state index in [2.05, 4.69) is 9.98 Å². The van der Waals surface area contributed by atoms with Crippen molar-refractivity contribution in [3.8, 4) is 5.75 Å². The van der Waals surface area contributed by atoms with E-state index in [-0.39, 0.29) is 22.3 Å². The van der Waals surface area contributed by atoms with E-state index < -0.39 is 67.8 Å². The number of ketones is 1. The molecular weight excluding hydrogens is 492 g/mol. The van der Waals surface area contributed by atoms with Crippen molar-refractivity contribution in [2.24, 2.45) is 4.99 Å². The third-order valence-corrected chi connectivity index (χ3v) is 7.35. The van der Waals surface area contributed by atoms with Gasteiger partial charge in [0, 0.05) is 10.9 Å². The zero-order chi connectivity index (χ0) is 23.8. The molecule has 13 nitrogen and oxygen atoms in total. The monoisotopic (exact) mass is 502 g/mol. The molecule has 16 heteroatoms. The minimum absolute atomic E-state index is 0.0983. The van der Waals surface area contributed by atoms with E-state index >= 15 is 0 Å². The number of Topliss-reactive ketones (excluding diaryl/α,β-unsaturated/α-hetero) is 1. The quantitative estimate of drug-likeness (QED) is 0.315. The first-order valence-electron chi connectivity index (χ1n) is 8.18. The van der Waals surface area contributed by atoms with Gasteiger partial charge in [0.2, 0.25) is 5.78 Å². The van der Waals surface area contributed by atoms with Crippen LogP contribution in [0, 0.1) is 0 Å². The van der Waals surface area contributed by atoms with Gasteiger partial charge in [0.25, 0.3) is 30.4 Å². The number of benzene rings is 2. The highest BCUT2D eigenvalue weighted by Crippen LogP contribution is 2.38. The van der Waals surface area contributed by atoms with Crippen LogP contribution in [0.5, 0.6) is 5.75 Å². The van der Waals surface area contributed by atoms with Gasteiger partial charge < -0.3 is 10.1 Å². The van der Waals surface area contributed by atoms with Gasteiger partial charge in [0.05, 0.1) is 16.1 Å². The average molecular weight is 502 g/mol. The van der Waals surface area contributed by atoms with E-state index in [9.17, 15) is 44.3 Å². The predicted molar refractivity (Wildman–Crippen MR) is 106 cm³/mol. The van der Waals surface area contributed by atoms with Crippen LogP contribution in [0.2, 0.25) is 0 Å². The highest BCUT2D eigenvalue weighted by molar-refractivity contribution is 7.89. The number of aromatic nitrogens is 1. The molecule has 2 heterocycles. The summed E-state index contributed by atoms with van der Waals surface area (Å²) in [7, 11) is -14.9. The van der Waals surface area contributed by atoms with Crippen LogP contribution in [0.3, 0.4) is 0 Å². The number of aromatic amines is 1. The second-order valence-corrected chi connectivity index (χ2v) is 10.8. The lowest BCUT2D eigenvalue weighted by atomic mass is 10.1. The number of nitrogens with one attached hydrogen (secondary N) is 1. The summed E-state index contributed by atoms with van der Waals surface area (Å²) in [5, 5.41) is 10.4. The van der Waals surface area contributed by atoms with Crippen molar-refractivity contribution in [1.82, 2.24) is 4.98 Å². The number of H-pyrrole nitrogens is 1. The van der Waals surface area contributed by atoms with Crippen molar-refractivity contribution in [2.45, 2.75) is 14.7 Å². The van der Waals surface area contributed by atoms with Crippen molar-refractivity contribution in [3.05, 3.63) is 41.6 Å². The molecule has 0 fully saturated rings. The molecule has 32 heavy (non-hydrogen) atoms. The first kappa shape index (κ1) is 22.1. The average Bonchev–Trinajstić information content (AvgIpc) is 3.15. The number of hydrogen-bond donors (Lipinski definition) is 5. The normalized spacial score (nSPS) is 14.6. The molecule has 168 valence electrons. The minimum Gasteiger partial charge on any atom is -0.505 e. The molecule has 0 bridgehead atoms. The third kappa shape index (κ3) is 3.48. The minimum atomic E-state index is -5.17. The lowest BCUT2D eigenvalue weighted by Gasteiger charge is -2.06. The Morgan fingerprint density at radius 3 is 1.97 bits per heavy atom. The van der Waals surface area contributed by atoms with Crippen molar-refractivity contribution < 1.29 is 48.8 Å². The summed E-state index contributed by atoms with van der Waals surface area (Å²) in [6.07, 6.45) is 0. The molecule has 1 aromatic heterocycles. The Morgan fingerprint density at radius 2 is 1.41 bits per heavy atom. The zero-order valence-corrected chi connectivity index (χ0v) is 17.7. The summed E-state index contributed by atoms with van der Waals surface area (Å²) in [6.45, 7) is 0. The van der Waals surface area contributed by atoms with Gasteiger partial charge in [-0.25, -0.2) is 4.99 Å². The molecular formula is C16H10N2O11S3. The Morgan fingerprint density at radius 1 is 0.812 bits per heavy atom. The van der Waals surface area contributed by atoms with Gasteiger partial charge >= 0.3 is 0 Å². The number of carbonyl (C=O) groups excluding carboxylic acids is 1. The zero-order valence-electron chi connectivity index (χ0n) is 15.2. The van der Waals surface area contributed by atoms with Crippen LogP contribution in [0.4, 0.5) is 5.69 Å². The van der Waals surface area contributed by atoms with Crippen LogP contribution in [-0.4, -0.2) is 60.5 Å². The Bertz CT molecular complexity index is 1710. The van der Waals surface area contributed by atoms with Crippen LogP contribution in [0.25, 0.3) is 10.9 Å². The first-order chi connectivity index (χ1) is 14.6. The fraction of sp³-hybridized carbons (Fsp3) is 0. The SMILES string of the molecule is O=C1C(c2[nH]c3ccc(S(=O)(=O)O)cc3c2O)=Nc2cc(S(=O)(=O)O)c(S(=O)(=O)O)cc21. The van der Waals surface area contributed by atoms with E-state index in [0.717, 1.165) is 12.1 Å². The topological polar surface area (TPSA) is 229 Å². The summed E-state index contributed by atoms with van der Waals surface area (Å²) in [4.78, 5) is 16.3. The van der Waals surface area contributed by atoms with Gasteiger partial charge in [-0.2, -0.15) is 25.3 Å². The van der Waals surface area contributed by atoms with Crippen molar-refractivity contribution in [1.29, 1.82) is 0 Å². The van der Waals surface area contributed by atoms with Gasteiger partial charge in [-0.3, -0.25) is 18.5 Å². The Kier molecular flexibility index (Phi) is 4.60. The summed E-state index contributed by atoms with van der Waals surface area (Å²) < 4.78 is 96.6. The molecule has 1 aliphatic rings. The molecule has 0 amide bonds. The van der Waals surface area contributed by atoms with Crippen molar-refractivity contribution in [2.75, 3.05) is 0 Å². The van der Waals surface area contributed by atoms with Gasteiger partial charge in [-0.15, -0.1) is 0 Å². The van der Waals surface area contributed by atoms with E-state index in [4.69, 9.17) is 4.55 Å². The highest BCUT2D eigenvalue weighted by atomic mass is 32.2. The molecule has 0 unspecified atom stereocenters. The maximum absolute atomic E-state index is 12.8. The third-order valence-electron chi connectivity index (χ3n) is 4.59. The molecule has 2 aromatic carbocycles. The number of carbonyl (C=O) groups is 1. The van der Waals surface area contributed by atoms with Crippen LogP contribution in [0.15, 0.2) is 50.0 Å². The van der Waals surface area contributed by atoms with E-state index in [1.807, 2.05) is 0 Å². The summed E-state index contributed by atoms with van der Waals surface area (Å²) in [5.41, 5.74) is -1.47. The van der Waals surface area contributed by atoms with Gasteiger partial charge in [0.15, 0.2) is 5.75 Å². The molecule has 1 aliphatic heterocycles. The lowest BCUT2D eigenvalue weighted by molar-refractivity contribution is 0.106. The molecule has 5 N–H and O–H groups in total. The number of aliphatic imine (C=N–C) groups is 1. The largest absolute Gasteiger partial charge is 0.505 e. The fourth-order valence-corrected chi connectivity index (χ4v) is 5.48. The summed E-state index contributed by atoms with van der Waals surface area (Å²) >= 11 is 0. The van der Waals surface area contributed by atoms with Crippen LogP contribution in [-0.2, 0) is 30.4 Å².